The monoisotopic (exact) mass is 179 g/mol. The molecule has 1 fully saturated rings. The average Bonchev–Trinajstić information content (AvgIpc) is 2.72. The second-order valence-electron chi connectivity index (χ2n) is 4.00. The molecule has 13 heavy (non-hydrogen) atoms. The van der Waals surface area contributed by atoms with E-state index in [2.05, 4.69) is 16.4 Å². The van der Waals surface area contributed by atoms with Crippen LogP contribution in [0.4, 0.5) is 0 Å². The summed E-state index contributed by atoms with van der Waals surface area (Å²) < 4.78 is 0. The highest BCUT2D eigenvalue weighted by molar-refractivity contribution is 5.17. The van der Waals surface area contributed by atoms with E-state index in [1.54, 1.807) is 0 Å². The second-order valence-corrected chi connectivity index (χ2v) is 4.00. The van der Waals surface area contributed by atoms with Crippen molar-refractivity contribution in [3.8, 4) is 0 Å². The van der Waals surface area contributed by atoms with E-state index in [4.69, 9.17) is 5.73 Å². The first-order chi connectivity index (χ1) is 6.28. The van der Waals surface area contributed by atoms with Gasteiger partial charge >= 0.3 is 0 Å². The third-order valence-corrected chi connectivity index (χ3v) is 3.04. The Morgan fingerprint density at radius 2 is 2.46 bits per heavy atom. The van der Waals surface area contributed by atoms with Crippen LogP contribution in [0, 0.1) is 5.41 Å². The Hall–Kier alpha value is -0.800. The first-order valence-electron chi connectivity index (χ1n) is 4.82. The molecular weight excluding hydrogens is 162 g/mol. The Labute approximate surface area is 78.7 Å². The molecule has 72 valence electrons. The predicted octanol–water partition coefficient (Wildman–Crippen LogP) is 1.01. The SMILES string of the molecule is CNCC1(C(N)c2ccc[nH]2)CC1. The normalized spacial score (nSPS) is 21.4. The molecule has 1 unspecified atom stereocenters. The summed E-state index contributed by atoms with van der Waals surface area (Å²) in [5, 5.41) is 3.22. The van der Waals surface area contributed by atoms with Gasteiger partial charge in [-0.15, -0.1) is 0 Å². The molecule has 3 heteroatoms. The van der Waals surface area contributed by atoms with Crippen LogP contribution in [0.5, 0.6) is 0 Å². The standard InChI is InChI=1S/C10H17N3/c1-12-7-10(4-5-10)9(11)8-3-2-6-13-8/h2-3,6,9,12-13H,4-5,7,11H2,1H3. The summed E-state index contributed by atoms with van der Waals surface area (Å²) in [6, 6.07) is 4.24. The fourth-order valence-electron chi connectivity index (χ4n) is 1.98. The molecule has 1 aliphatic carbocycles. The van der Waals surface area contributed by atoms with E-state index >= 15 is 0 Å². The van der Waals surface area contributed by atoms with Crippen LogP contribution in [-0.2, 0) is 0 Å². The van der Waals surface area contributed by atoms with Crippen molar-refractivity contribution in [2.45, 2.75) is 18.9 Å². The second kappa shape index (κ2) is 3.16. The lowest BCUT2D eigenvalue weighted by Crippen LogP contribution is -2.31. The van der Waals surface area contributed by atoms with Gasteiger partial charge in [-0.1, -0.05) is 0 Å². The van der Waals surface area contributed by atoms with E-state index < -0.39 is 0 Å². The van der Waals surface area contributed by atoms with Crippen LogP contribution in [0.25, 0.3) is 0 Å². The molecule has 2 rings (SSSR count). The summed E-state index contributed by atoms with van der Waals surface area (Å²) in [7, 11) is 1.99. The van der Waals surface area contributed by atoms with Gasteiger partial charge < -0.3 is 16.0 Å². The molecule has 4 N–H and O–H groups in total. The first-order valence-corrected chi connectivity index (χ1v) is 4.82. The minimum absolute atomic E-state index is 0.162. The maximum atomic E-state index is 6.19. The third kappa shape index (κ3) is 1.49. The van der Waals surface area contributed by atoms with E-state index in [9.17, 15) is 0 Å². The van der Waals surface area contributed by atoms with E-state index in [0.717, 1.165) is 12.2 Å². The van der Waals surface area contributed by atoms with Gasteiger partial charge in [0.25, 0.3) is 0 Å². The van der Waals surface area contributed by atoms with Gasteiger partial charge in [-0.05, 0) is 32.0 Å². The zero-order valence-corrected chi connectivity index (χ0v) is 8.01. The van der Waals surface area contributed by atoms with Crippen molar-refractivity contribution < 1.29 is 0 Å². The van der Waals surface area contributed by atoms with Gasteiger partial charge in [0.05, 0.1) is 6.04 Å². The Morgan fingerprint density at radius 1 is 1.69 bits per heavy atom. The van der Waals surface area contributed by atoms with Gasteiger partial charge in [0.2, 0.25) is 0 Å². The van der Waals surface area contributed by atoms with Crippen LogP contribution in [0.2, 0.25) is 0 Å². The van der Waals surface area contributed by atoms with Crippen molar-refractivity contribution in [3.05, 3.63) is 24.0 Å². The van der Waals surface area contributed by atoms with Gasteiger partial charge in [-0.3, -0.25) is 0 Å². The Bertz CT molecular complexity index is 262. The van der Waals surface area contributed by atoms with E-state index in [1.165, 1.54) is 12.8 Å². The molecule has 0 aliphatic heterocycles. The summed E-state index contributed by atoms with van der Waals surface area (Å²) in [5.74, 6) is 0. The number of nitrogens with one attached hydrogen (secondary N) is 2. The lowest BCUT2D eigenvalue weighted by atomic mass is 9.94. The highest BCUT2D eigenvalue weighted by Crippen LogP contribution is 2.52. The number of rotatable bonds is 4. The molecule has 0 aromatic carbocycles. The summed E-state index contributed by atoms with van der Waals surface area (Å²) in [6.07, 6.45) is 4.42. The lowest BCUT2D eigenvalue weighted by molar-refractivity contribution is 0.387. The van der Waals surface area contributed by atoms with Gasteiger partial charge in [0, 0.05) is 23.9 Å². The Kier molecular flexibility index (Phi) is 2.14. The first kappa shape index (κ1) is 8.78. The number of hydrogen-bond donors (Lipinski definition) is 3. The molecule has 1 heterocycles. The summed E-state index contributed by atoms with van der Waals surface area (Å²) in [6.45, 7) is 1.02. The smallest absolute Gasteiger partial charge is 0.0517 e. The van der Waals surface area contributed by atoms with E-state index in [-0.39, 0.29) is 6.04 Å². The molecule has 1 atom stereocenters. The topological polar surface area (TPSA) is 53.8 Å². The summed E-state index contributed by atoms with van der Waals surface area (Å²) >= 11 is 0. The maximum absolute atomic E-state index is 6.19. The maximum Gasteiger partial charge on any atom is 0.0517 e. The molecule has 0 radical (unpaired) electrons. The predicted molar refractivity (Wildman–Crippen MR) is 53.3 cm³/mol. The number of nitrogens with two attached hydrogens (primary N) is 1. The fraction of sp³-hybridized carbons (Fsp3) is 0.600. The van der Waals surface area contributed by atoms with Crippen molar-refractivity contribution >= 4 is 0 Å². The Balaban J connectivity index is 2.09. The van der Waals surface area contributed by atoms with Gasteiger partial charge in [-0.25, -0.2) is 0 Å². The molecule has 1 aromatic rings. The van der Waals surface area contributed by atoms with Gasteiger partial charge in [-0.2, -0.15) is 0 Å². The largest absolute Gasteiger partial charge is 0.364 e. The van der Waals surface area contributed by atoms with Crippen molar-refractivity contribution in [1.82, 2.24) is 10.3 Å². The van der Waals surface area contributed by atoms with Crippen molar-refractivity contribution in [2.24, 2.45) is 11.1 Å². The highest BCUT2D eigenvalue weighted by Gasteiger charge is 2.47. The van der Waals surface area contributed by atoms with Crippen LogP contribution < -0.4 is 11.1 Å². The minimum atomic E-state index is 0.162. The van der Waals surface area contributed by atoms with Crippen molar-refractivity contribution in [1.29, 1.82) is 0 Å². The third-order valence-electron chi connectivity index (χ3n) is 3.04. The van der Waals surface area contributed by atoms with E-state index in [1.807, 2.05) is 19.3 Å². The van der Waals surface area contributed by atoms with Crippen LogP contribution >= 0.6 is 0 Å². The average molecular weight is 179 g/mol. The molecule has 1 aliphatic rings. The molecule has 0 spiro atoms. The summed E-state index contributed by atoms with van der Waals surface area (Å²) in [5.41, 5.74) is 7.67. The molecular formula is C10H17N3. The minimum Gasteiger partial charge on any atom is -0.364 e. The van der Waals surface area contributed by atoms with Crippen LogP contribution in [0.3, 0.4) is 0 Å². The number of H-pyrrole nitrogens is 1. The molecule has 0 bridgehead atoms. The zero-order chi connectivity index (χ0) is 9.31. The zero-order valence-electron chi connectivity index (χ0n) is 8.01. The Morgan fingerprint density at radius 3 is 2.92 bits per heavy atom. The summed E-state index contributed by atoms with van der Waals surface area (Å²) in [4.78, 5) is 3.19. The van der Waals surface area contributed by atoms with Crippen molar-refractivity contribution in [2.75, 3.05) is 13.6 Å². The van der Waals surface area contributed by atoms with Gasteiger partial charge in [0.1, 0.15) is 0 Å². The molecule has 3 nitrogen and oxygen atoms in total. The quantitative estimate of drug-likeness (QED) is 0.646. The van der Waals surface area contributed by atoms with Crippen LogP contribution in [-0.4, -0.2) is 18.6 Å². The lowest BCUT2D eigenvalue weighted by Gasteiger charge is -2.21. The van der Waals surface area contributed by atoms with Crippen LogP contribution in [0.15, 0.2) is 18.3 Å². The van der Waals surface area contributed by atoms with Crippen molar-refractivity contribution in [3.63, 3.8) is 0 Å². The molecule has 0 saturated heterocycles. The number of aromatic nitrogens is 1. The van der Waals surface area contributed by atoms with Crippen LogP contribution in [0.1, 0.15) is 24.6 Å². The molecule has 1 aromatic heterocycles. The molecule has 0 amide bonds. The molecule has 1 saturated carbocycles. The van der Waals surface area contributed by atoms with E-state index in [0.29, 0.717) is 5.41 Å². The highest BCUT2D eigenvalue weighted by atomic mass is 14.9. The number of hydrogen-bond acceptors (Lipinski definition) is 2. The fourth-order valence-corrected chi connectivity index (χ4v) is 1.98. The van der Waals surface area contributed by atoms with Gasteiger partial charge in [0.15, 0.2) is 0 Å². The number of aromatic amines is 1.